The molecule has 0 radical (unpaired) electrons. The number of methoxy groups -OCH3 is 1. The molecule has 21 heavy (non-hydrogen) atoms. The highest BCUT2D eigenvalue weighted by Crippen LogP contribution is 2.22. The van der Waals surface area contributed by atoms with Gasteiger partial charge in [0.15, 0.2) is 0 Å². The Balaban J connectivity index is 2.09. The average molecular weight is 292 g/mol. The Labute approximate surface area is 127 Å². The number of likely N-dealkylation sites (N-methyl/N-ethyl adjacent to an activating group) is 1. The van der Waals surface area contributed by atoms with Gasteiger partial charge in [-0.25, -0.2) is 0 Å². The minimum Gasteiger partial charge on any atom is -0.497 e. The number of rotatable bonds is 5. The first-order valence-corrected chi connectivity index (χ1v) is 7.34. The van der Waals surface area contributed by atoms with E-state index in [1.165, 1.54) is 7.11 Å². The molecule has 2 atom stereocenters. The first kappa shape index (κ1) is 16.3. The molecule has 1 aromatic carbocycles. The summed E-state index contributed by atoms with van der Waals surface area (Å²) in [4.78, 5) is 4.69. The molecule has 1 fully saturated rings. The molecule has 0 spiro atoms. The van der Waals surface area contributed by atoms with Crippen molar-refractivity contribution in [3.63, 3.8) is 0 Å². The third-order valence-electron chi connectivity index (χ3n) is 4.29. The zero-order valence-electron chi connectivity index (χ0n) is 13.3. The highest BCUT2D eigenvalue weighted by atomic mass is 16.5. The van der Waals surface area contributed by atoms with E-state index in [9.17, 15) is 10.0 Å². The van der Waals surface area contributed by atoms with Gasteiger partial charge in [-0.15, -0.1) is 0 Å². The highest BCUT2D eigenvalue weighted by molar-refractivity contribution is 6.59. The summed E-state index contributed by atoms with van der Waals surface area (Å²) in [6.07, 6.45) is 0. The SMILES string of the molecule is COc1ccc(CN2CC(C)C(N(C)C)C2)cc1B(O)O. The van der Waals surface area contributed by atoms with Crippen LogP contribution in [0.4, 0.5) is 0 Å². The Kier molecular flexibility index (Phi) is 5.27. The smallest absolute Gasteiger partial charge is 0.492 e. The summed E-state index contributed by atoms with van der Waals surface area (Å²) in [6, 6.07) is 6.17. The van der Waals surface area contributed by atoms with Crippen LogP contribution in [0.5, 0.6) is 5.75 Å². The largest absolute Gasteiger partial charge is 0.497 e. The lowest BCUT2D eigenvalue weighted by Crippen LogP contribution is -2.34. The predicted molar refractivity (Wildman–Crippen MR) is 84.7 cm³/mol. The lowest BCUT2D eigenvalue weighted by atomic mass is 9.78. The summed E-state index contributed by atoms with van der Waals surface area (Å²) in [5, 5.41) is 18.9. The summed E-state index contributed by atoms with van der Waals surface area (Å²) in [6.45, 7) is 5.20. The van der Waals surface area contributed by atoms with Gasteiger partial charge in [0.05, 0.1) is 7.11 Å². The monoisotopic (exact) mass is 292 g/mol. The van der Waals surface area contributed by atoms with Gasteiger partial charge in [-0.2, -0.15) is 0 Å². The molecule has 116 valence electrons. The van der Waals surface area contributed by atoms with Crippen molar-refractivity contribution in [2.75, 3.05) is 34.3 Å². The van der Waals surface area contributed by atoms with E-state index in [1.807, 2.05) is 12.1 Å². The summed E-state index contributed by atoms with van der Waals surface area (Å²) in [5.74, 6) is 1.15. The topological polar surface area (TPSA) is 56.2 Å². The lowest BCUT2D eigenvalue weighted by Gasteiger charge is -2.22. The molecular weight excluding hydrogens is 267 g/mol. The van der Waals surface area contributed by atoms with Crippen molar-refractivity contribution in [3.05, 3.63) is 23.8 Å². The van der Waals surface area contributed by atoms with E-state index in [1.54, 1.807) is 6.07 Å². The summed E-state index contributed by atoms with van der Waals surface area (Å²) in [7, 11) is 4.27. The molecule has 2 N–H and O–H groups in total. The molecular formula is C15H25BN2O3. The first-order chi connectivity index (χ1) is 9.92. The molecule has 1 aliphatic heterocycles. The zero-order chi connectivity index (χ0) is 15.6. The van der Waals surface area contributed by atoms with Gasteiger partial charge >= 0.3 is 7.12 Å². The lowest BCUT2D eigenvalue weighted by molar-refractivity contribution is 0.250. The zero-order valence-corrected chi connectivity index (χ0v) is 13.3. The molecule has 1 aliphatic rings. The molecule has 0 aromatic heterocycles. The molecule has 0 aliphatic carbocycles. The minimum absolute atomic E-state index is 0.423. The van der Waals surface area contributed by atoms with Gasteiger partial charge in [0.1, 0.15) is 5.75 Å². The van der Waals surface area contributed by atoms with Crippen LogP contribution >= 0.6 is 0 Å². The molecule has 1 heterocycles. The number of ether oxygens (including phenoxy) is 1. The third kappa shape index (κ3) is 3.77. The number of hydrogen-bond donors (Lipinski definition) is 2. The van der Waals surface area contributed by atoms with E-state index in [2.05, 4.69) is 30.8 Å². The maximum Gasteiger partial charge on any atom is 0.492 e. The number of nitrogens with zero attached hydrogens (tertiary/aromatic N) is 2. The molecule has 2 rings (SSSR count). The van der Waals surface area contributed by atoms with Crippen molar-refractivity contribution in [2.45, 2.75) is 19.5 Å². The molecule has 5 nitrogen and oxygen atoms in total. The second-order valence-electron chi connectivity index (χ2n) is 6.15. The Bertz CT molecular complexity index is 482. The van der Waals surface area contributed by atoms with Crippen LogP contribution in [-0.4, -0.2) is 67.3 Å². The van der Waals surface area contributed by atoms with E-state index < -0.39 is 7.12 Å². The molecule has 0 amide bonds. The van der Waals surface area contributed by atoms with Crippen LogP contribution in [0.15, 0.2) is 18.2 Å². The second kappa shape index (κ2) is 6.79. The van der Waals surface area contributed by atoms with E-state index in [0.717, 1.165) is 25.2 Å². The normalized spacial score (nSPS) is 22.8. The van der Waals surface area contributed by atoms with Gasteiger partial charge in [0.2, 0.25) is 0 Å². The van der Waals surface area contributed by atoms with Crippen LogP contribution in [0.1, 0.15) is 12.5 Å². The molecule has 1 saturated heterocycles. The molecule has 2 unspecified atom stereocenters. The van der Waals surface area contributed by atoms with Crippen LogP contribution in [0.3, 0.4) is 0 Å². The summed E-state index contributed by atoms with van der Waals surface area (Å²) >= 11 is 0. The predicted octanol–water partition coefficient (Wildman–Crippen LogP) is -0.243. The Morgan fingerprint density at radius 3 is 2.57 bits per heavy atom. The van der Waals surface area contributed by atoms with Crippen molar-refractivity contribution >= 4 is 12.6 Å². The van der Waals surface area contributed by atoms with Crippen molar-refractivity contribution < 1.29 is 14.8 Å². The fourth-order valence-corrected chi connectivity index (χ4v) is 3.19. The molecule has 0 saturated carbocycles. The van der Waals surface area contributed by atoms with Crippen LogP contribution in [0, 0.1) is 5.92 Å². The fourth-order valence-electron chi connectivity index (χ4n) is 3.19. The molecule has 1 aromatic rings. The van der Waals surface area contributed by atoms with Crippen LogP contribution in [0.2, 0.25) is 0 Å². The van der Waals surface area contributed by atoms with Gasteiger partial charge in [0, 0.05) is 31.1 Å². The van der Waals surface area contributed by atoms with Gasteiger partial charge < -0.3 is 19.7 Å². The van der Waals surface area contributed by atoms with E-state index in [4.69, 9.17) is 4.74 Å². The molecule has 0 bridgehead atoms. The van der Waals surface area contributed by atoms with Gasteiger partial charge in [-0.1, -0.05) is 19.1 Å². The van der Waals surface area contributed by atoms with Crippen molar-refractivity contribution in [1.82, 2.24) is 9.80 Å². The van der Waals surface area contributed by atoms with Crippen molar-refractivity contribution in [2.24, 2.45) is 5.92 Å². The average Bonchev–Trinajstić information content (AvgIpc) is 2.79. The highest BCUT2D eigenvalue weighted by Gasteiger charge is 2.31. The Morgan fingerprint density at radius 1 is 1.33 bits per heavy atom. The second-order valence-corrected chi connectivity index (χ2v) is 6.15. The fraction of sp³-hybridized carbons (Fsp3) is 0.600. The van der Waals surface area contributed by atoms with Crippen molar-refractivity contribution in [3.8, 4) is 5.75 Å². The van der Waals surface area contributed by atoms with E-state index >= 15 is 0 Å². The summed E-state index contributed by atoms with van der Waals surface area (Å²) < 4.78 is 5.16. The van der Waals surface area contributed by atoms with Gasteiger partial charge in [0.25, 0.3) is 0 Å². The van der Waals surface area contributed by atoms with Crippen molar-refractivity contribution in [1.29, 1.82) is 0 Å². The first-order valence-electron chi connectivity index (χ1n) is 7.34. The van der Waals surface area contributed by atoms with Crippen LogP contribution in [-0.2, 0) is 6.54 Å². The number of hydrogen-bond acceptors (Lipinski definition) is 5. The van der Waals surface area contributed by atoms with Gasteiger partial charge in [-0.3, -0.25) is 4.90 Å². The number of benzene rings is 1. The maximum absolute atomic E-state index is 9.43. The molecule has 6 heteroatoms. The quantitative estimate of drug-likeness (QED) is 0.734. The Morgan fingerprint density at radius 2 is 2.05 bits per heavy atom. The van der Waals surface area contributed by atoms with Gasteiger partial charge in [-0.05, 0) is 31.6 Å². The van der Waals surface area contributed by atoms with Crippen LogP contribution < -0.4 is 10.2 Å². The third-order valence-corrected chi connectivity index (χ3v) is 4.29. The number of likely N-dealkylation sites (tertiary alicyclic amines) is 1. The van der Waals surface area contributed by atoms with Crippen LogP contribution in [0.25, 0.3) is 0 Å². The maximum atomic E-state index is 9.43. The summed E-state index contributed by atoms with van der Waals surface area (Å²) in [5.41, 5.74) is 1.50. The minimum atomic E-state index is -1.51. The Hall–Kier alpha value is -1.08. The van der Waals surface area contributed by atoms with E-state index in [-0.39, 0.29) is 0 Å². The standard InChI is InChI=1S/C15H25BN2O3/c1-11-8-18(10-14(11)17(2)3)9-12-5-6-15(21-4)13(7-12)16(19)20/h5-7,11,14,19-20H,8-10H2,1-4H3. The van der Waals surface area contributed by atoms with E-state index in [0.29, 0.717) is 23.2 Å².